The lowest BCUT2D eigenvalue weighted by Gasteiger charge is -1.96. The monoisotopic (exact) mass is 193 g/mol. The molecule has 0 amide bonds. The summed E-state index contributed by atoms with van der Waals surface area (Å²) in [4.78, 5) is 4.26. The molecular weight excluding hydrogens is 174 g/mol. The van der Waals surface area contributed by atoms with Crippen LogP contribution in [0.1, 0.15) is 50.6 Å². The van der Waals surface area contributed by atoms with Crippen LogP contribution in [0.4, 0.5) is 0 Å². The van der Waals surface area contributed by atoms with Crippen molar-refractivity contribution in [3.8, 4) is 0 Å². The summed E-state index contributed by atoms with van der Waals surface area (Å²) in [5.74, 6) is 0.633. The molecule has 1 rings (SSSR count). The van der Waals surface area contributed by atoms with Gasteiger partial charge in [-0.05, 0) is 18.9 Å². The summed E-state index contributed by atoms with van der Waals surface area (Å²) in [7, 11) is 0. The van der Waals surface area contributed by atoms with Crippen LogP contribution in [0.15, 0.2) is 17.3 Å². The molecule has 1 heterocycles. The third-order valence-electron chi connectivity index (χ3n) is 2.28. The van der Waals surface area contributed by atoms with Gasteiger partial charge in [0, 0.05) is 0 Å². The van der Waals surface area contributed by atoms with Crippen LogP contribution < -0.4 is 0 Å². The Balaban J connectivity index is 2.14. The maximum atomic E-state index is 5.16. The second-order valence-corrected chi connectivity index (χ2v) is 3.55. The van der Waals surface area contributed by atoms with E-state index in [1.807, 2.05) is 0 Å². The number of unbranched alkanes of at least 4 members (excludes halogenated alkanes) is 4. The van der Waals surface area contributed by atoms with Crippen molar-refractivity contribution in [3.05, 3.63) is 24.4 Å². The van der Waals surface area contributed by atoms with Gasteiger partial charge in [0.25, 0.3) is 0 Å². The summed E-state index contributed by atoms with van der Waals surface area (Å²) in [6.45, 7) is 5.84. The van der Waals surface area contributed by atoms with Gasteiger partial charge in [-0.2, -0.15) is 0 Å². The fourth-order valence-electron chi connectivity index (χ4n) is 1.44. The van der Waals surface area contributed by atoms with Gasteiger partial charge in [-0.3, -0.25) is 0 Å². The van der Waals surface area contributed by atoms with Crippen molar-refractivity contribution in [1.29, 1.82) is 0 Å². The second kappa shape index (κ2) is 6.41. The van der Waals surface area contributed by atoms with Crippen molar-refractivity contribution in [2.45, 2.75) is 45.4 Å². The molecule has 78 valence electrons. The van der Waals surface area contributed by atoms with Gasteiger partial charge in [0.05, 0.1) is 5.69 Å². The van der Waals surface area contributed by atoms with Gasteiger partial charge in [0.15, 0.2) is 0 Å². The van der Waals surface area contributed by atoms with E-state index in [4.69, 9.17) is 4.42 Å². The molecule has 0 saturated heterocycles. The SMILES string of the molecule is C=Cc1nc(CCCCCCC)co1. The zero-order valence-corrected chi connectivity index (χ0v) is 8.96. The Labute approximate surface area is 86.0 Å². The third kappa shape index (κ3) is 3.77. The van der Waals surface area contributed by atoms with Crippen molar-refractivity contribution in [3.63, 3.8) is 0 Å². The Morgan fingerprint density at radius 1 is 1.36 bits per heavy atom. The molecule has 0 radical (unpaired) electrons. The molecular formula is C12H19NO. The number of aryl methyl sites for hydroxylation is 1. The number of nitrogens with zero attached hydrogens (tertiary/aromatic N) is 1. The fourth-order valence-corrected chi connectivity index (χ4v) is 1.44. The predicted molar refractivity (Wildman–Crippen MR) is 59.1 cm³/mol. The molecule has 1 aromatic heterocycles. The van der Waals surface area contributed by atoms with Gasteiger partial charge in [-0.1, -0.05) is 39.2 Å². The average Bonchev–Trinajstić information content (AvgIpc) is 2.65. The standard InChI is InChI=1S/C12H19NO/c1-3-5-6-7-8-9-11-10-14-12(4-2)13-11/h4,10H,2-3,5-9H2,1H3. The van der Waals surface area contributed by atoms with Crippen molar-refractivity contribution < 1.29 is 4.42 Å². The maximum Gasteiger partial charge on any atom is 0.218 e. The lowest BCUT2D eigenvalue weighted by atomic mass is 10.1. The Morgan fingerprint density at radius 3 is 2.79 bits per heavy atom. The molecule has 0 N–H and O–H groups in total. The Hall–Kier alpha value is -1.05. The van der Waals surface area contributed by atoms with Gasteiger partial charge in [-0.25, -0.2) is 4.98 Å². The van der Waals surface area contributed by atoms with E-state index in [-0.39, 0.29) is 0 Å². The maximum absolute atomic E-state index is 5.16. The van der Waals surface area contributed by atoms with E-state index in [1.165, 1.54) is 32.1 Å². The molecule has 0 aromatic carbocycles. The first-order valence-electron chi connectivity index (χ1n) is 5.43. The first-order chi connectivity index (χ1) is 6.86. The predicted octanol–water partition coefficient (Wildman–Crippen LogP) is 3.83. The Morgan fingerprint density at radius 2 is 2.14 bits per heavy atom. The number of rotatable bonds is 7. The molecule has 0 bridgehead atoms. The lowest BCUT2D eigenvalue weighted by Crippen LogP contribution is -1.86. The minimum atomic E-state index is 0.633. The van der Waals surface area contributed by atoms with E-state index in [0.29, 0.717) is 5.89 Å². The van der Waals surface area contributed by atoms with Crippen LogP contribution >= 0.6 is 0 Å². The van der Waals surface area contributed by atoms with Crippen LogP contribution in [0.3, 0.4) is 0 Å². The number of aromatic nitrogens is 1. The van der Waals surface area contributed by atoms with Gasteiger partial charge in [0.2, 0.25) is 5.89 Å². The lowest BCUT2D eigenvalue weighted by molar-refractivity contribution is 0.544. The Bertz CT molecular complexity index is 265. The van der Waals surface area contributed by atoms with Crippen LogP contribution in [0.2, 0.25) is 0 Å². The summed E-state index contributed by atoms with van der Waals surface area (Å²) in [5.41, 5.74) is 1.05. The van der Waals surface area contributed by atoms with E-state index in [9.17, 15) is 0 Å². The highest BCUT2D eigenvalue weighted by atomic mass is 16.3. The summed E-state index contributed by atoms with van der Waals surface area (Å²) < 4.78 is 5.16. The zero-order chi connectivity index (χ0) is 10.2. The quantitative estimate of drug-likeness (QED) is 0.615. The number of oxazole rings is 1. The van der Waals surface area contributed by atoms with Crippen LogP contribution in [0.25, 0.3) is 6.08 Å². The summed E-state index contributed by atoms with van der Waals surface area (Å²) in [6, 6.07) is 0. The van der Waals surface area contributed by atoms with Crippen molar-refractivity contribution >= 4 is 6.08 Å². The van der Waals surface area contributed by atoms with Gasteiger partial charge >= 0.3 is 0 Å². The van der Waals surface area contributed by atoms with Crippen LogP contribution in [-0.4, -0.2) is 4.98 Å². The highest BCUT2D eigenvalue weighted by Crippen LogP contribution is 2.09. The average molecular weight is 193 g/mol. The molecule has 2 heteroatoms. The van der Waals surface area contributed by atoms with E-state index in [2.05, 4.69) is 18.5 Å². The van der Waals surface area contributed by atoms with E-state index >= 15 is 0 Å². The molecule has 0 aliphatic carbocycles. The topological polar surface area (TPSA) is 26.0 Å². The third-order valence-corrected chi connectivity index (χ3v) is 2.28. The number of hydrogen-bond donors (Lipinski definition) is 0. The smallest absolute Gasteiger partial charge is 0.218 e. The fraction of sp³-hybridized carbons (Fsp3) is 0.583. The van der Waals surface area contributed by atoms with Crippen LogP contribution in [-0.2, 0) is 6.42 Å². The van der Waals surface area contributed by atoms with E-state index in [1.54, 1.807) is 12.3 Å². The normalized spacial score (nSPS) is 10.4. The molecule has 0 aliphatic heterocycles. The molecule has 0 atom stereocenters. The summed E-state index contributed by atoms with van der Waals surface area (Å²) in [5, 5.41) is 0. The first kappa shape index (κ1) is 11.0. The van der Waals surface area contributed by atoms with Gasteiger partial charge in [-0.15, -0.1) is 0 Å². The minimum Gasteiger partial charge on any atom is -0.445 e. The molecule has 1 aromatic rings. The molecule has 2 nitrogen and oxygen atoms in total. The summed E-state index contributed by atoms with van der Waals surface area (Å²) >= 11 is 0. The first-order valence-corrected chi connectivity index (χ1v) is 5.43. The molecule has 0 unspecified atom stereocenters. The zero-order valence-electron chi connectivity index (χ0n) is 8.96. The van der Waals surface area contributed by atoms with Crippen LogP contribution in [0.5, 0.6) is 0 Å². The number of hydrogen-bond acceptors (Lipinski definition) is 2. The van der Waals surface area contributed by atoms with Crippen molar-refractivity contribution in [1.82, 2.24) is 4.98 Å². The van der Waals surface area contributed by atoms with Gasteiger partial charge in [0.1, 0.15) is 6.26 Å². The van der Waals surface area contributed by atoms with Gasteiger partial charge < -0.3 is 4.42 Å². The van der Waals surface area contributed by atoms with Crippen LogP contribution in [0, 0.1) is 0 Å². The molecule has 14 heavy (non-hydrogen) atoms. The highest BCUT2D eigenvalue weighted by molar-refractivity contribution is 5.33. The summed E-state index contributed by atoms with van der Waals surface area (Å²) in [6.07, 6.45) is 10.9. The second-order valence-electron chi connectivity index (χ2n) is 3.55. The van der Waals surface area contributed by atoms with Crippen molar-refractivity contribution in [2.24, 2.45) is 0 Å². The van der Waals surface area contributed by atoms with E-state index in [0.717, 1.165) is 12.1 Å². The molecule has 0 fully saturated rings. The molecule has 0 aliphatic rings. The Kier molecular flexibility index (Phi) is 5.05. The molecule has 0 saturated carbocycles. The minimum absolute atomic E-state index is 0.633. The van der Waals surface area contributed by atoms with Crippen molar-refractivity contribution in [2.75, 3.05) is 0 Å². The highest BCUT2D eigenvalue weighted by Gasteiger charge is 1.99. The molecule has 0 spiro atoms. The largest absolute Gasteiger partial charge is 0.445 e. The van der Waals surface area contributed by atoms with E-state index < -0.39 is 0 Å².